The molecular formula is C15H16BrNO3. The number of para-hydroxylation sites is 1. The molecule has 106 valence electrons. The Morgan fingerprint density at radius 3 is 2.55 bits per heavy atom. The standard InChI is InChI=1S/C15H16BrNO3/c1-10-6-4-5-7-11(10)17-15(2,14(18)19-3)12-8-9-13(16)20-12/h4-9,17H,1-3H3. The van der Waals surface area contributed by atoms with E-state index in [9.17, 15) is 4.79 Å². The first-order valence-corrected chi connectivity index (χ1v) is 6.94. The van der Waals surface area contributed by atoms with E-state index in [1.807, 2.05) is 31.2 Å². The fraction of sp³-hybridized carbons (Fsp3) is 0.267. The smallest absolute Gasteiger partial charge is 0.339 e. The van der Waals surface area contributed by atoms with Gasteiger partial charge in [0.05, 0.1) is 7.11 Å². The minimum absolute atomic E-state index is 0.414. The maximum atomic E-state index is 12.2. The normalized spacial score (nSPS) is 13.6. The number of nitrogens with one attached hydrogen (secondary N) is 1. The van der Waals surface area contributed by atoms with Crippen LogP contribution in [-0.2, 0) is 15.1 Å². The van der Waals surface area contributed by atoms with Crippen LogP contribution >= 0.6 is 15.9 Å². The van der Waals surface area contributed by atoms with Gasteiger partial charge in [0.2, 0.25) is 0 Å². The van der Waals surface area contributed by atoms with E-state index in [0.717, 1.165) is 11.3 Å². The number of benzene rings is 1. The highest BCUT2D eigenvalue weighted by atomic mass is 79.9. The Morgan fingerprint density at radius 1 is 1.30 bits per heavy atom. The van der Waals surface area contributed by atoms with Gasteiger partial charge in [-0.25, -0.2) is 4.79 Å². The first-order valence-electron chi connectivity index (χ1n) is 6.15. The van der Waals surface area contributed by atoms with Crippen LogP contribution in [0.4, 0.5) is 5.69 Å². The average Bonchev–Trinajstić information content (AvgIpc) is 2.87. The lowest BCUT2D eigenvalue weighted by Gasteiger charge is -2.27. The molecule has 1 aromatic heterocycles. The molecule has 1 heterocycles. The summed E-state index contributed by atoms with van der Waals surface area (Å²) >= 11 is 3.25. The lowest BCUT2D eigenvalue weighted by molar-refractivity contribution is -0.146. The molecule has 1 unspecified atom stereocenters. The van der Waals surface area contributed by atoms with Crippen molar-refractivity contribution in [1.29, 1.82) is 0 Å². The Hall–Kier alpha value is -1.75. The van der Waals surface area contributed by atoms with Gasteiger partial charge in [-0.05, 0) is 53.5 Å². The lowest BCUT2D eigenvalue weighted by atomic mass is 9.98. The van der Waals surface area contributed by atoms with E-state index in [4.69, 9.17) is 9.15 Å². The molecule has 1 atom stereocenters. The van der Waals surface area contributed by atoms with Crippen LogP contribution in [0.1, 0.15) is 18.2 Å². The SMILES string of the molecule is COC(=O)C(C)(Nc1ccccc1C)c1ccc(Br)o1. The summed E-state index contributed by atoms with van der Waals surface area (Å²) in [5.74, 6) is 0.0714. The van der Waals surface area contributed by atoms with Crippen molar-refractivity contribution in [2.24, 2.45) is 0 Å². The molecule has 2 aromatic rings. The number of esters is 1. The van der Waals surface area contributed by atoms with Crippen LogP contribution in [0.15, 0.2) is 45.5 Å². The van der Waals surface area contributed by atoms with Gasteiger partial charge in [-0.1, -0.05) is 18.2 Å². The highest BCUT2D eigenvalue weighted by molar-refractivity contribution is 9.10. The molecule has 0 bridgehead atoms. The maximum Gasteiger partial charge on any atom is 0.339 e. The molecule has 0 radical (unpaired) electrons. The van der Waals surface area contributed by atoms with Crippen molar-refractivity contribution in [2.75, 3.05) is 12.4 Å². The number of anilines is 1. The van der Waals surface area contributed by atoms with Gasteiger partial charge in [0.15, 0.2) is 10.2 Å². The third-order valence-corrected chi connectivity index (χ3v) is 3.62. The summed E-state index contributed by atoms with van der Waals surface area (Å²) in [6.07, 6.45) is 0. The minimum atomic E-state index is -1.09. The van der Waals surface area contributed by atoms with Crippen molar-refractivity contribution in [3.05, 3.63) is 52.4 Å². The Kier molecular flexibility index (Phi) is 4.18. The zero-order valence-electron chi connectivity index (χ0n) is 11.6. The molecule has 0 amide bonds. The fourth-order valence-electron chi connectivity index (χ4n) is 1.98. The number of halogens is 1. The number of ether oxygens (including phenoxy) is 1. The monoisotopic (exact) mass is 337 g/mol. The summed E-state index contributed by atoms with van der Waals surface area (Å²) in [4.78, 5) is 12.2. The van der Waals surface area contributed by atoms with E-state index in [1.54, 1.807) is 19.1 Å². The summed E-state index contributed by atoms with van der Waals surface area (Å²) in [5.41, 5.74) is 0.800. The van der Waals surface area contributed by atoms with Gasteiger partial charge in [0.25, 0.3) is 0 Å². The van der Waals surface area contributed by atoms with E-state index in [2.05, 4.69) is 21.2 Å². The van der Waals surface area contributed by atoms with Gasteiger partial charge in [0.1, 0.15) is 5.76 Å². The molecule has 0 saturated heterocycles. The summed E-state index contributed by atoms with van der Waals surface area (Å²) < 4.78 is 11.0. The molecule has 5 heteroatoms. The summed E-state index contributed by atoms with van der Waals surface area (Å²) in [5, 5.41) is 3.21. The Bertz CT molecular complexity index is 623. The van der Waals surface area contributed by atoms with Crippen LogP contribution in [0.3, 0.4) is 0 Å². The molecule has 20 heavy (non-hydrogen) atoms. The van der Waals surface area contributed by atoms with Crippen molar-refractivity contribution in [2.45, 2.75) is 19.4 Å². The molecule has 0 spiro atoms. The second-order valence-electron chi connectivity index (χ2n) is 4.66. The Morgan fingerprint density at radius 2 is 2.00 bits per heavy atom. The van der Waals surface area contributed by atoms with Crippen LogP contribution < -0.4 is 5.32 Å². The Balaban J connectivity index is 2.43. The lowest BCUT2D eigenvalue weighted by Crippen LogP contribution is -2.41. The van der Waals surface area contributed by atoms with Gasteiger partial charge < -0.3 is 14.5 Å². The fourth-order valence-corrected chi connectivity index (χ4v) is 2.29. The highest BCUT2D eigenvalue weighted by Gasteiger charge is 2.40. The van der Waals surface area contributed by atoms with Crippen LogP contribution in [0.5, 0.6) is 0 Å². The molecule has 1 aromatic carbocycles. The number of rotatable bonds is 4. The molecule has 2 rings (SSSR count). The third-order valence-electron chi connectivity index (χ3n) is 3.19. The number of aryl methyl sites for hydroxylation is 1. The van der Waals surface area contributed by atoms with Crippen molar-refractivity contribution in [1.82, 2.24) is 0 Å². The van der Waals surface area contributed by atoms with Crippen molar-refractivity contribution >= 4 is 27.6 Å². The zero-order valence-corrected chi connectivity index (χ0v) is 13.2. The number of hydrogen-bond acceptors (Lipinski definition) is 4. The van der Waals surface area contributed by atoms with Gasteiger partial charge in [-0.2, -0.15) is 0 Å². The van der Waals surface area contributed by atoms with Crippen LogP contribution in [-0.4, -0.2) is 13.1 Å². The average molecular weight is 338 g/mol. The van der Waals surface area contributed by atoms with Gasteiger partial charge in [-0.3, -0.25) is 0 Å². The molecule has 1 N–H and O–H groups in total. The van der Waals surface area contributed by atoms with Crippen LogP contribution in [0.2, 0.25) is 0 Å². The predicted molar refractivity (Wildman–Crippen MR) is 80.6 cm³/mol. The molecule has 0 aliphatic rings. The first kappa shape index (κ1) is 14.7. The van der Waals surface area contributed by atoms with Crippen LogP contribution in [0.25, 0.3) is 0 Å². The molecule has 0 aliphatic heterocycles. The highest BCUT2D eigenvalue weighted by Crippen LogP contribution is 2.31. The molecule has 0 fully saturated rings. The van der Waals surface area contributed by atoms with E-state index < -0.39 is 11.5 Å². The maximum absolute atomic E-state index is 12.2. The van der Waals surface area contributed by atoms with E-state index in [0.29, 0.717) is 10.4 Å². The number of carbonyl (C=O) groups is 1. The van der Waals surface area contributed by atoms with Gasteiger partial charge in [0, 0.05) is 5.69 Å². The minimum Gasteiger partial charge on any atom is -0.467 e. The number of carbonyl (C=O) groups excluding carboxylic acids is 1. The molecular weight excluding hydrogens is 322 g/mol. The Labute approximate surface area is 126 Å². The second kappa shape index (κ2) is 5.71. The summed E-state index contributed by atoms with van der Waals surface area (Å²) in [6, 6.07) is 11.2. The summed E-state index contributed by atoms with van der Waals surface area (Å²) in [6.45, 7) is 3.70. The van der Waals surface area contributed by atoms with E-state index >= 15 is 0 Å². The van der Waals surface area contributed by atoms with Crippen LogP contribution in [0, 0.1) is 6.92 Å². The number of furan rings is 1. The quantitative estimate of drug-likeness (QED) is 0.861. The topological polar surface area (TPSA) is 51.5 Å². The second-order valence-corrected chi connectivity index (χ2v) is 5.44. The zero-order chi connectivity index (χ0) is 14.8. The van der Waals surface area contributed by atoms with E-state index in [1.165, 1.54) is 7.11 Å². The number of hydrogen-bond donors (Lipinski definition) is 1. The van der Waals surface area contributed by atoms with Crippen molar-refractivity contribution < 1.29 is 13.9 Å². The molecule has 4 nitrogen and oxygen atoms in total. The van der Waals surface area contributed by atoms with E-state index in [-0.39, 0.29) is 0 Å². The van der Waals surface area contributed by atoms with Crippen molar-refractivity contribution in [3.8, 4) is 0 Å². The molecule has 0 aliphatic carbocycles. The van der Waals surface area contributed by atoms with Gasteiger partial charge in [-0.15, -0.1) is 0 Å². The first-order chi connectivity index (χ1) is 9.47. The molecule has 0 saturated carbocycles. The third kappa shape index (κ3) is 2.72. The predicted octanol–water partition coefficient (Wildman–Crippen LogP) is 3.85. The number of methoxy groups -OCH3 is 1. The summed E-state index contributed by atoms with van der Waals surface area (Å²) in [7, 11) is 1.36. The van der Waals surface area contributed by atoms with Gasteiger partial charge >= 0.3 is 5.97 Å². The van der Waals surface area contributed by atoms with Crippen molar-refractivity contribution in [3.63, 3.8) is 0 Å². The largest absolute Gasteiger partial charge is 0.467 e.